The minimum Gasteiger partial charge on any atom is -0.381 e. The molecule has 0 amide bonds. The highest BCUT2D eigenvalue weighted by Gasteiger charge is 2.12. The third-order valence-electron chi connectivity index (χ3n) is 2.30. The molecule has 1 aliphatic rings. The van der Waals surface area contributed by atoms with E-state index in [2.05, 4.69) is 6.92 Å². The Kier molecular flexibility index (Phi) is 3.86. The van der Waals surface area contributed by atoms with E-state index in [1.165, 1.54) is 32.1 Å². The smallest absolute Gasteiger partial charge is 0.0569 e. The maximum atomic E-state index is 7.64. The molecule has 1 nitrogen and oxygen atoms in total. The maximum absolute atomic E-state index is 7.64. The fraction of sp³-hybridized carbons (Fsp3) is 1.00. The van der Waals surface area contributed by atoms with Crippen molar-refractivity contribution in [1.82, 2.24) is 0 Å². The van der Waals surface area contributed by atoms with Gasteiger partial charge in [0.05, 0.1) is 1.37 Å². The van der Waals surface area contributed by atoms with E-state index in [4.69, 9.17) is 6.11 Å². The van der Waals surface area contributed by atoms with Gasteiger partial charge in [0.25, 0.3) is 0 Å². The molecular weight excluding hydrogens is 136 g/mol. The molecule has 0 bridgehead atoms. The Morgan fingerprint density at radius 1 is 1.55 bits per heavy atom. The minimum atomic E-state index is -0.226. The Bertz CT molecular complexity index is 116. The average Bonchev–Trinajstić information content (AvgIpc) is 2.09. The Balaban J connectivity index is 2.11. The molecule has 1 heteroatoms. The summed E-state index contributed by atoms with van der Waals surface area (Å²) in [6, 6.07) is 0. The minimum absolute atomic E-state index is 0.226. The molecule has 0 aromatic carbocycles. The first-order chi connectivity index (χ1) is 5.84. The second-order valence-corrected chi connectivity index (χ2v) is 3.40. The predicted molar refractivity (Wildman–Crippen MR) is 47.7 cm³/mol. The first-order valence-corrected chi connectivity index (χ1v) is 4.88. The van der Waals surface area contributed by atoms with Gasteiger partial charge in [-0.25, -0.2) is 0 Å². The van der Waals surface area contributed by atoms with Gasteiger partial charge in [0.1, 0.15) is 0 Å². The SMILES string of the molecule is [2H]C1OCCCC1CCCCC. The van der Waals surface area contributed by atoms with Crippen molar-refractivity contribution in [2.45, 2.75) is 45.4 Å². The van der Waals surface area contributed by atoms with E-state index in [1.807, 2.05) is 0 Å². The molecular formula is C10H20O. The van der Waals surface area contributed by atoms with Crippen molar-refractivity contribution in [3.63, 3.8) is 0 Å². The Morgan fingerprint density at radius 2 is 2.45 bits per heavy atom. The second-order valence-electron chi connectivity index (χ2n) is 3.40. The lowest BCUT2D eigenvalue weighted by atomic mass is 9.96. The Morgan fingerprint density at radius 3 is 3.18 bits per heavy atom. The van der Waals surface area contributed by atoms with Crippen molar-refractivity contribution in [2.75, 3.05) is 13.2 Å². The van der Waals surface area contributed by atoms with Crippen molar-refractivity contribution in [3.8, 4) is 0 Å². The summed E-state index contributed by atoms with van der Waals surface area (Å²) >= 11 is 0. The lowest BCUT2D eigenvalue weighted by Gasteiger charge is -2.21. The van der Waals surface area contributed by atoms with Crippen molar-refractivity contribution < 1.29 is 6.11 Å². The summed E-state index contributed by atoms with van der Waals surface area (Å²) in [5.74, 6) is 0.519. The van der Waals surface area contributed by atoms with E-state index < -0.39 is 0 Å². The molecule has 0 aliphatic carbocycles. The quantitative estimate of drug-likeness (QED) is 0.570. The molecule has 66 valence electrons. The van der Waals surface area contributed by atoms with Crippen LogP contribution >= 0.6 is 0 Å². The molecule has 0 radical (unpaired) electrons. The molecule has 0 spiro atoms. The molecule has 1 saturated heterocycles. The molecule has 0 aromatic heterocycles. The first-order valence-electron chi connectivity index (χ1n) is 5.46. The van der Waals surface area contributed by atoms with Crippen LogP contribution in [0.2, 0.25) is 0 Å². The van der Waals surface area contributed by atoms with E-state index in [-0.39, 0.29) is 6.58 Å². The largest absolute Gasteiger partial charge is 0.381 e. The molecule has 0 aromatic rings. The van der Waals surface area contributed by atoms with Crippen LogP contribution < -0.4 is 0 Å². The molecule has 0 N–H and O–H groups in total. The normalized spacial score (nSPS) is 33.4. The summed E-state index contributed by atoms with van der Waals surface area (Å²) in [6.07, 6.45) is 7.42. The van der Waals surface area contributed by atoms with Crippen LogP contribution in [-0.4, -0.2) is 13.2 Å². The van der Waals surface area contributed by atoms with Gasteiger partial charge in [0.15, 0.2) is 0 Å². The molecule has 0 saturated carbocycles. The molecule has 1 fully saturated rings. The molecule has 1 heterocycles. The summed E-state index contributed by atoms with van der Waals surface area (Å²) in [7, 11) is 0. The van der Waals surface area contributed by atoms with Gasteiger partial charge in [-0.05, 0) is 25.2 Å². The van der Waals surface area contributed by atoms with E-state index in [1.54, 1.807) is 0 Å². The summed E-state index contributed by atoms with van der Waals surface area (Å²) in [6.45, 7) is 2.80. The van der Waals surface area contributed by atoms with Crippen LogP contribution in [0.25, 0.3) is 0 Å². The highest BCUT2D eigenvalue weighted by molar-refractivity contribution is 4.62. The number of hydrogen-bond acceptors (Lipinski definition) is 1. The second kappa shape index (κ2) is 5.59. The fourth-order valence-corrected chi connectivity index (χ4v) is 1.57. The zero-order valence-corrected chi connectivity index (χ0v) is 7.51. The zero-order valence-electron chi connectivity index (χ0n) is 8.51. The van der Waals surface area contributed by atoms with Crippen LogP contribution in [0.4, 0.5) is 0 Å². The van der Waals surface area contributed by atoms with Crippen LogP contribution in [-0.2, 0) is 4.74 Å². The van der Waals surface area contributed by atoms with Crippen molar-refractivity contribution in [1.29, 1.82) is 0 Å². The lowest BCUT2D eigenvalue weighted by molar-refractivity contribution is 0.0507. The number of rotatable bonds is 4. The highest BCUT2D eigenvalue weighted by Crippen LogP contribution is 2.19. The fourth-order valence-electron chi connectivity index (χ4n) is 1.57. The van der Waals surface area contributed by atoms with E-state index in [9.17, 15) is 0 Å². The van der Waals surface area contributed by atoms with Gasteiger partial charge in [0.2, 0.25) is 0 Å². The third-order valence-corrected chi connectivity index (χ3v) is 2.30. The number of unbranched alkanes of at least 4 members (excludes halogenated alkanes) is 2. The first kappa shape index (κ1) is 7.60. The summed E-state index contributed by atoms with van der Waals surface area (Å²) in [5.41, 5.74) is 0. The van der Waals surface area contributed by atoms with Gasteiger partial charge < -0.3 is 4.74 Å². The summed E-state index contributed by atoms with van der Waals surface area (Å²) in [4.78, 5) is 0. The van der Waals surface area contributed by atoms with Gasteiger partial charge in [-0.2, -0.15) is 0 Å². The molecule has 11 heavy (non-hydrogen) atoms. The number of ether oxygens (including phenoxy) is 1. The van der Waals surface area contributed by atoms with Crippen molar-refractivity contribution >= 4 is 0 Å². The standard InChI is InChI=1S/C10H20O/c1-2-3-4-6-10-7-5-8-11-9-10/h10H,2-9H2,1H3/i9D. The summed E-state index contributed by atoms with van der Waals surface area (Å²) in [5, 5.41) is 0. The maximum Gasteiger partial charge on any atom is 0.0569 e. The third kappa shape index (κ3) is 3.76. The van der Waals surface area contributed by atoms with E-state index >= 15 is 0 Å². The molecule has 2 atom stereocenters. The van der Waals surface area contributed by atoms with Crippen LogP contribution in [0.1, 0.15) is 46.8 Å². The van der Waals surface area contributed by atoms with Gasteiger partial charge >= 0.3 is 0 Å². The van der Waals surface area contributed by atoms with E-state index in [0.29, 0.717) is 5.92 Å². The predicted octanol–water partition coefficient (Wildman–Crippen LogP) is 2.99. The van der Waals surface area contributed by atoms with Crippen LogP contribution in [0.15, 0.2) is 0 Å². The average molecular weight is 157 g/mol. The molecule has 1 rings (SSSR count). The molecule has 1 aliphatic heterocycles. The Hall–Kier alpha value is -0.0400. The van der Waals surface area contributed by atoms with Crippen molar-refractivity contribution in [3.05, 3.63) is 0 Å². The van der Waals surface area contributed by atoms with Gasteiger partial charge in [-0.15, -0.1) is 0 Å². The van der Waals surface area contributed by atoms with Crippen LogP contribution in [0.3, 0.4) is 0 Å². The van der Waals surface area contributed by atoms with Gasteiger partial charge in [-0.1, -0.05) is 26.2 Å². The monoisotopic (exact) mass is 157 g/mol. The summed E-state index contributed by atoms with van der Waals surface area (Å²) < 4.78 is 12.9. The van der Waals surface area contributed by atoms with Gasteiger partial charge in [-0.3, -0.25) is 0 Å². The van der Waals surface area contributed by atoms with Gasteiger partial charge in [0, 0.05) is 13.2 Å². The van der Waals surface area contributed by atoms with Crippen molar-refractivity contribution in [2.24, 2.45) is 5.92 Å². The van der Waals surface area contributed by atoms with E-state index in [0.717, 1.165) is 13.0 Å². The Labute approximate surface area is 71.5 Å². The van der Waals surface area contributed by atoms with Crippen LogP contribution in [0, 0.1) is 5.92 Å². The topological polar surface area (TPSA) is 9.23 Å². The zero-order chi connectivity index (χ0) is 8.81. The molecule has 2 unspecified atom stereocenters. The highest BCUT2D eigenvalue weighted by atomic mass is 16.5. The number of hydrogen-bond donors (Lipinski definition) is 0. The lowest BCUT2D eigenvalue weighted by Crippen LogP contribution is -2.16. The van der Waals surface area contributed by atoms with Crippen LogP contribution in [0.5, 0.6) is 0 Å².